The summed E-state index contributed by atoms with van der Waals surface area (Å²) in [7, 11) is -4.28. The van der Waals surface area contributed by atoms with Gasteiger partial charge in [0.05, 0.1) is 18.3 Å². The standard InChI is InChI=1S/C27H28BrClN3O9P/c1-17(26(35)38-15-18-5-3-2-4-6-18)31-42(37,41-21-9-7-20(29)8-10-21)39-16-23-22(33)13-24(40-23)32-14-19(11-12-28)25(34)30-27(32)36/h2-12,14,17,22-24,33H,13,15-16H2,1H3,(H,31,37)(H,30,34,36)/t17-,22?,23+,24+,42?/m0/s1. The second-order valence-corrected chi connectivity index (χ2v) is 11.9. The zero-order valence-electron chi connectivity index (χ0n) is 22.2. The highest BCUT2D eigenvalue weighted by Crippen LogP contribution is 2.46. The van der Waals surface area contributed by atoms with Crippen molar-refractivity contribution in [2.45, 2.75) is 44.4 Å². The van der Waals surface area contributed by atoms with Crippen molar-refractivity contribution < 1.29 is 33.0 Å². The molecule has 12 nitrogen and oxygen atoms in total. The molecule has 224 valence electrons. The Morgan fingerprint density at radius 1 is 1.26 bits per heavy atom. The number of H-pyrrole nitrogens is 1. The lowest BCUT2D eigenvalue weighted by Gasteiger charge is -2.24. The van der Waals surface area contributed by atoms with Gasteiger partial charge < -0.3 is 19.1 Å². The monoisotopic (exact) mass is 683 g/mol. The average molecular weight is 685 g/mol. The molecule has 1 aliphatic heterocycles. The maximum absolute atomic E-state index is 13.8. The van der Waals surface area contributed by atoms with E-state index in [1.807, 2.05) is 18.2 Å². The van der Waals surface area contributed by atoms with E-state index in [0.717, 1.165) is 10.1 Å². The van der Waals surface area contributed by atoms with Gasteiger partial charge in [0.25, 0.3) is 5.56 Å². The molecule has 2 heterocycles. The molecule has 1 aliphatic rings. The second kappa shape index (κ2) is 14.4. The van der Waals surface area contributed by atoms with Crippen LogP contribution in [-0.4, -0.2) is 45.5 Å². The van der Waals surface area contributed by atoms with Crippen molar-refractivity contribution >= 4 is 47.3 Å². The number of nitrogens with one attached hydrogen (secondary N) is 2. The number of esters is 1. The molecule has 3 N–H and O–H groups in total. The number of carbonyl (C=O) groups excluding carboxylic acids is 1. The van der Waals surface area contributed by atoms with Crippen molar-refractivity contribution in [3.63, 3.8) is 0 Å². The van der Waals surface area contributed by atoms with Gasteiger partial charge in [-0.3, -0.25) is 23.7 Å². The number of ether oxygens (including phenoxy) is 2. The Bertz CT molecular complexity index is 1570. The molecule has 0 amide bonds. The topological polar surface area (TPSA) is 158 Å². The van der Waals surface area contributed by atoms with E-state index in [-0.39, 0.29) is 24.3 Å². The highest BCUT2D eigenvalue weighted by Gasteiger charge is 2.39. The van der Waals surface area contributed by atoms with Crippen molar-refractivity contribution in [1.29, 1.82) is 0 Å². The molecule has 1 saturated heterocycles. The van der Waals surface area contributed by atoms with Crippen molar-refractivity contribution in [2.75, 3.05) is 6.61 Å². The molecule has 0 spiro atoms. The first-order valence-electron chi connectivity index (χ1n) is 12.7. The van der Waals surface area contributed by atoms with Crippen LogP contribution >= 0.6 is 35.3 Å². The van der Waals surface area contributed by atoms with Crippen LogP contribution in [0.4, 0.5) is 0 Å². The van der Waals surface area contributed by atoms with Crippen molar-refractivity contribution in [3.05, 3.63) is 103 Å². The first-order valence-corrected chi connectivity index (χ1v) is 15.5. The summed E-state index contributed by atoms with van der Waals surface area (Å²) in [5.41, 5.74) is -0.365. The molecule has 1 aromatic heterocycles. The molecule has 2 aromatic carbocycles. The number of aromatic nitrogens is 2. The molecule has 1 fully saturated rings. The van der Waals surface area contributed by atoms with Crippen LogP contribution in [0.2, 0.25) is 5.02 Å². The van der Waals surface area contributed by atoms with Gasteiger partial charge in [-0.15, -0.1) is 0 Å². The Labute approximate surface area is 253 Å². The van der Waals surface area contributed by atoms with Gasteiger partial charge in [0.15, 0.2) is 0 Å². The largest absolute Gasteiger partial charge is 0.460 e. The minimum Gasteiger partial charge on any atom is -0.460 e. The van der Waals surface area contributed by atoms with Crippen LogP contribution in [0, 0.1) is 0 Å². The fraction of sp³-hybridized carbons (Fsp3) is 0.296. The molecule has 0 aliphatic carbocycles. The van der Waals surface area contributed by atoms with E-state index < -0.39 is 56.0 Å². The number of nitrogens with zero attached hydrogens (tertiary/aromatic N) is 1. The summed E-state index contributed by atoms with van der Waals surface area (Å²) in [6.45, 7) is 1.01. The first-order chi connectivity index (χ1) is 20.1. The number of hydrogen-bond donors (Lipinski definition) is 3. The molecule has 4 rings (SSSR count). The zero-order valence-corrected chi connectivity index (χ0v) is 25.5. The number of carbonyl (C=O) groups is 1. The highest BCUT2D eigenvalue weighted by molar-refractivity contribution is 9.11. The number of rotatable bonds is 12. The summed E-state index contributed by atoms with van der Waals surface area (Å²) in [6, 6.07) is 13.9. The SMILES string of the molecule is C[C@H](NP(=O)(OC[C@H]1O[C@@H](n2cc(C=CBr)c(=O)[nH]c2=O)CC1O)Oc1ccc(Cl)cc1)C(=O)OCc1ccccc1. The number of aromatic amines is 1. The predicted octanol–water partition coefficient (Wildman–Crippen LogP) is 4.13. The lowest BCUT2D eigenvalue weighted by molar-refractivity contribution is -0.146. The van der Waals surface area contributed by atoms with Gasteiger partial charge in [-0.05, 0) is 47.8 Å². The van der Waals surface area contributed by atoms with Gasteiger partial charge in [0.2, 0.25) is 0 Å². The third-order valence-electron chi connectivity index (χ3n) is 6.13. The van der Waals surface area contributed by atoms with Crippen LogP contribution < -0.4 is 20.9 Å². The molecule has 0 radical (unpaired) electrons. The summed E-state index contributed by atoms with van der Waals surface area (Å²) in [6.07, 6.45) is -0.372. The Balaban J connectivity index is 1.46. The lowest BCUT2D eigenvalue weighted by Crippen LogP contribution is -2.36. The van der Waals surface area contributed by atoms with Crippen molar-refractivity contribution in [2.24, 2.45) is 0 Å². The molecular weight excluding hydrogens is 657 g/mol. The molecule has 0 saturated carbocycles. The maximum atomic E-state index is 13.8. The number of hydrogen-bond acceptors (Lipinski definition) is 9. The van der Waals surface area contributed by atoms with E-state index in [4.69, 9.17) is 30.1 Å². The third kappa shape index (κ3) is 8.51. The van der Waals surface area contributed by atoms with Gasteiger partial charge in [0, 0.05) is 17.6 Å². The van der Waals surface area contributed by atoms with Gasteiger partial charge in [-0.1, -0.05) is 57.9 Å². The van der Waals surface area contributed by atoms with Gasteiger partial charge >= 0.3 is 19.4 Å². The molecular formula is C27H28BrClN3O9P. The number of aliphatic hydroxyl groups excluding tert-OH is 1. The van der Waals surface area contributed by atoms with Gasteiger partial charge in [0.1, 0.15) is 30.7 Å². The van der Waals surface area contributed by atoms with E-state index in [2.05, 4.69) is 26.0 Å². The predicted molar refractivity (Wildman–Crippen MR) is 158 cm³/mol. The summed E-state index contributed by atoms with van der Waals surface area (Å²) < 4.78 is 37.4. The van der Waals surface area contributed by atoms with Crippen LogP contribution in [0.15, 0.2) is 75.4 Å². The first kappa shape index (κ1) is 31.9. The summed E-state index contributed by atoms with van der Waals surface area (Å²) in [5.74, 6) is -0.566. The van der Waals surface area contributed by atoms with Crippen LogP contribution in [0.5, 0.6) is 5.75 Å². The van der Waals surface area contributed by atoms with E-state index >= 15 is 0 Å². The molecule has 0 bridgehead atoms. The minimum absolute atomic E-state index is 0.00958. The highest BCUT2D eigenvalue weighted by atomic mass is 79.9. The third-order valence-corrected chi connectivity index (χ3v) is 8.29. The molecule has 5 atom stereocenters. The van der Waals surface area contributed by atoms with Crippen molar-refractivity contribution in [1.82, 2.24) is 14.6 Å². The normalized spacial score (nSPS) is 20.7. The molecule has 42 heavy (non-hydrogen) atoms. The van der Waals surface area contributed by atoms with E-state index in [1.165, 1.54) is 48.4 Å². The fourth-order valence-corrected chi connectivity index (χ4v) is 5.89. The minimum atomic E-state index is -4.28. The fourth-order valence-electron chi connectivity index (χ4n) is 3.98. The van der Waals surface area contributed by atoms with Crippen molar-refractivity contribution in [3.8, 4) is 5.75 Å². The summed E-state index contributed by atoms with van der Waals surface area (Å²) >= 11 is 9.03. The van der Waals surface area contributed by atoms with E-state index in [9.17, 15) is 24.1 Å². The van der Waals surface area contributed by atoms with E-state index in [0.29, 0.717) is 5.02 Å². The summed E-state index contributed by atoms with van der Waals surface area (Å²) in [4.78, 5) is 40.8. The smallest absolute Gasteiger partial charge is 0.459 e. The Kier molecular flexibility index (Phi) is 11.0. The molecule has 3 aromatic rings. The molecule has 2 unspecified atom stereocenters. The number of benzene rings is 2. The van der Waals surface area contributed by atoms with Crippen LogP contribution in [0.1, 0.15) is 30.7 Å². The Morgan fingerprint density at radius 2 is 1.98 bits per heavy atom. The molecule has 15 heteroatoms. The van der Waals surface area contributed by atoms with Crippen LogP contribution in [0.25, 0.3) is 6.08 Å². The van der Waals surface area contributed by atoms with E-state index in [1.54, 1.807) is 12.1 Å². The zero-order chi connectivity index (χ0) is 30.3. The number of aliphatic hydroxyl groups is 1. The van der Waals surface area contributed by atoms with Gasteiger partial charge in [-0.25, -0.2) is 9.36 Å². The Morgan fingerprint density at radius 3 is 2.67 bits per heavy atom. The lowest BCUT2D eigenvalue weighted by atomic mass is 10.2. The number of halogens is 2. The maximum Gasteiger partial charge on any atom is 0.459 e. The average Bonchev–Trinajstić information content (AvgIpc) is 3.34. The quantitative estimate of drug-likeness (QED) is 0.187. The van der Waals surface area contributed by atoms with Crippen LogP contribution in [0.3, 0.4) is 0 Å². The van der Waals surface area contributed by atoms with Gasteiger partial charge in [-0.2, -0.15) is 5.09 Å². The second-order valence-electron chi connectivity index (χ2n) is 9.26. The summed E-state index contributed by atoms with van der Waals surface area (Å²) in [5, 5.41) is 13.6. The Hall–Kier alpha value is -3.03. The van der Waals surface area contributed by atoms with Crippen LogP contribution in [-0.2, 0) is 30.0 Å².